The molecule has 1 heterocycles. The Hall–Kier alpha value is -1.77. The highest BCUT2D eigenvalue weighted by Gasteiger charge is 2.03. The summed E-state index contributed by atoms with van der Waals surface area (Å²) in [6.07, 6.45) is 2.07. The van der Waals surface area contributed by atoms with Crippen molar-refractivity contribution in [2.45, 2.75) is 13.2 Å². The van der Waals surface area contributed by atoms with Crippen LogP contribution in [0.3, 0.4) is 0 Å². The lowest BCUT2D eigenvalue weighted by Crippen LogP contribution is -1.98. The zero-order valence-electron chi connectivity index (χ0n) is 10.4. The predicted octanol–water partition coefficient (Wildman–Crippen LogP) is 3.84. The molecule has 3 aromatic rings. The maximum absolute atomic E-state index is 9.22. The fourth-order valence-corrected chi connectivity index (χ4v) is 2.38. The SMILES string of the molecule is OCc1ccc2ccn(Cc3ccc(Cl)cc3)c2c1. The van der Waals surface area contributed by atoms with E-state index in [0.717, 1.165) is 22.6 Å². The minimum absolute atomic E-state index is 0.0715. The molecule has 0 bridgehead atoms. The molecule has 0 fully saturated rings. The summed E-state index contributed by atoms with van der Waals surface area (Å²) in [4.78, 5) is 0. The van der Waals surface area contributed by atoms with Gasteiger partial charge >= 0.3 is 0 Å². The summed E-state index contributed by atoms with van der Waals surface area (Å²) < 4.78 is 2.18. The lowest BCUT2D eigenvalue weighted by molar-refractivity contribution is 0.282. The van der Waals surface area contributed by atoms with Crippen LogP contribution in [0.15, 0.2) is 54.7 Å². The number of nitrogens with zero attached hydrogens (tertiary/aromatic N) is 1. The van der Waals surface area contributed by atoms with Crippen molar-refractivity contribution in [2.24, 2.45) is 0 Å². The molecule has 19 heavy (non-hydrogen) atoms. The number of benzene rings is 2. The molecular formula is C16H14ClNO. The Kier molecular flexibility index (Phi) is 3.28. The standard InChI is InChI=1S/C16H14ClNO/c17-15-5-2-12(3-6-15)10-18-8-7-14-4-1-13(11-19)9-16(14)18/h1-9,19H,10-11H2. The molecule has 2 nitrogen and oxygen atoms in total. The number of aliphatic hydroxyl groups is 1. The van der Waals surface area contributed by atoms with Gasteiger partial charge in [0.15, 0.2) is 0 Å². The van der Waals surface area contributed by atoms with E-state index in [1.807, 2.05) is 42.5 Å². The van der Waals surface area contributed by atoms with Crippen LogP contribution < -0.4 is 0 Å². The molecule has 0 aliphatic carbocycles. The first kappa shape index (κ1) is 12.3. The first-order chi connectivity index (χ1) is 9.26. The molecule has 0 amide bonds. The van der Waals surface area contributed by atoms with E-state index in [0.29, 0.717) is 0 Å². The van der Waals surface area contributed by atoms with Gasteiger partial charge in [0.05, 0.1) is 6.61 Å². The Balaban J connectivity index is 1.98. The lowest BCUT2D eigenvalue weighted by atomic mass is 10.1. The van der Waals surface area contributed by atoms with E-state index in [1.54, 1.807) is 0 Å². The summed E-state index contributed by atoms with van der Waals surface area (Å²) >= 11 is 5.89. The smallest absolute Gasteiger partial charge is 0.0682 e. The van der Waals surface area contributed by atoms with Crippen LogP contribution in [0.1, 0.15) is 11.1 Å². The van der Waals surface area contributed by atoms with Crippen LogP contribution in [0, 0.1) is 0 Å². The van der Waals surface area contributed by atoms with Gasteiger partial charge < -0.3 is 9.67 Å². The molecule has 0 saturated heterocycles. The first-order valence-corrected chi connectivity index (χ1v) is 6.57. The number of aromatic nitrogens is 1. The van der Waals surface area contributed by atoms with E-state index < -0.39 is 0 Å². The van der Waals surface area contributed by atoms with Crippen molar-refractivity contribution in [3.8, 4) is 0 Å². The van der Waals surface area contributed by atoms with E-state index in [4.69, 9.17) is 11.6 Å². The maximum Gasteiger partial charge on any atom is 0.0682 e. The molecule has 1 aromatic heterocycles. The maximum atomic E-state index is 9.22. The second-order valence-electron chi connectivity index (χ2n) is 4.62. The summed E-state index contributed by atoms with van der Waals surface area (Å²) in [6.45, 7) is 0.873. The average molecular weight is 272 g/mol. The number of halogens is 1. The van der Waals surface area contributed by atoms with Gasteiger partial charge in [0.1, 0.15) is 0 Å². The zero-order chi connectivity index (χ0) is 13.2. The van der Waals surface area contributed by atoms with Gasteiger partial charge in [-0.25, -0.2) is 0 Å². The second kappa shape index (κ2) is 5.08. The predicted molar refractivity (Wildman–Crippen MR) is 78.4 cm³/mol. The van der Waals surface area contributed by atoms with Crippen LogP contribution in [0.5, 0.6) is 0 Å². The Morgan fingerprint density at radius 1 is 0.947 bits per heavy atom. The van der Waals surface area contributed by atoms with Crippen LogP contribution in [0.25, 0.3) is 10.9 Å². The van der Waals surface area contributed by atoms with Crippen LogP contribution in [0.4, 0.5) is 0 Å². The van der Waals surface area contributed by atoms with Gasteiger partial charge in [-0.1, -0.05) is 35.9 Å². The molecular weight excluding hydrogens is 258 g/mol. The van der Waals surface area contributed by atoms with Crippen LogP contribution >= 0.6 is 11.6 Å². The molecule has 3 rings (SSSR count). The molecule has 0 saturated carbocycles. The third-order valence-electron chi connectivity index (χ3n) is 3.29. The minimum Gasteiger partial charge on any atom is -0.392 e. The van der Waals surface area contributed by atoms with Crippen molar-refractivity contribution in [2.75, 3.05) is 0 Å². The quantitative estimate of drug-likeness (QED) is 0.769. The molecule has 0 spiro atoms. The van der Waals surface area contributed by atoms with Gasteiger partial charge in [0, 0.05) is 23.3 Å². The van der Waals surface area contributed by atoms with Crippen LogP contribution in [-0.4, -0.2) is 9.67 Å². The van der Waals surface area contributed by atoms with Gasteiger partial charge in [-0.15, -0.1) is 0 Å². The zero-order valence-corrected chi connectivity index (χ0v) is 11.1. The number of aliphatic hydroxyl groups excluding tert-OH is 1. The summed E-state index contributed by atoms with van der Waals surface area (Å²) in [5.41, 5.74) is 3.28. The molecule has 1 N–H and O–H groups in total. The van der Waals surface area contributed by atoms with Gasteiger partial charge in [-0.2, -0.15) is 0 Å². The molecule has 0 aliphatic rings. The van der Waals surface area contributed by atoms with Crippen molar-refractivity contribution < 1.29 is 5.11 Å². The Bertz CT molecular complexity index is 700. The van der Waals surface area contributed by atoms with E-state index in [-0.39, 0.29) is 6.61 Å². The van der Waals surface area contributed by atoms with Crippen LogP contribution in [-0.2, 0) is 13.2 Å². The highest BCUT2D eigenvalue weighted by Crippen LogP contribution is 2.19. The normalized spacial score (nSPS) is 11.1. The van der Waals surface area contributed by atoms with Gasteiger partial charge in [-0.3, -0.25) is 0 Å². The molecule has 3 heteroatoms. The summed E-state index contributed by atoms with van der Waals surface area (Å²) in [5.74, 6) is 0. The van der Waals surface area contributed by atoms with E-state index in [9.17, 15) is 5.11 Å². The Labute approximate surface area is 116 Å². The third-order valence-corrected chi connectivity index (χ3v) is 3.54. The van der Waals surface area contributed by atoms with E-state index in [1.165, 1.54) is 10.9 Å². The monoisotopic (exact) mass is 271 g/mol. The fourth-order valence-electron chi connectivity index (χ4n) is 2.25. The summed E-state index contributed by atoms with van der Waals surface area (Å²) in [7, 11) is 0. The Morgan fingerprint density at radius 3 is 2.42 bits per heavy atom. The number of hydrogen-bond acceptors (Lipinski definition) is 1. The van der Waals surface area contributed by atoms with Crippen molar-refractivity contribution in [3.05, 3.63) is 70.9 Å². The highest BCUT2D eigenvalue weighted by atomic mass is 35.5. The largest absolute Gasteiger partial charge is 0.392 e. The van der Waals surface area contributed by atoms with Gasteiger partial charge in [0.2, 0.25) is 0 Å². The van der Waals surface area contributed by atoms with E-state index >= 15 is 0 Å². The Morgan fingerprint density at radius 2 is 1.68 bits per heavy atom. The molecule has 2 aromatic carbocycles. The lowest BCUT2D eigenvalue weighted by Gasteiger charge is -2.07. The van der Waals surface area contributed by atoms with Crippen molar-refractivity contribution in [1.29, 1.82) is 0 Å². The molecule has 96 valence electrons. The van der Waals surface area contributed by atoms with Crippen LogP contribution in [0.2, 0.25) is 5.02 Å². The van der Waals surface area contributed by atoms with Crippen molar-refractivity contribution in [3.63, 3.8) is 0 Å². The molecule has 0 unspecified atom stereocenters. The van der Waals surface area contributed by atoms with Crippen molar-refractivity contribution >= 4 is 22.5 Å². The number of rotatable bonds is 3. The van der Waals surface area contributed by atoms with E-state index in [2.05, 4.69) is 16.8 Å². The number of hydrogen-bond donors (Lipinski definition) is 1. The average Bonchev–Trinajstić information content (AvgIpc) is 2.84. The second-order valence-corrected chi connectivity index (χ2v) is 5.06. The van der Waals surface area contributed by atoms with Crippen molar-refractivity contribution in [1.82, 2.24) is 4.57 Å². The highest BCUT2D eigenvalue weighted by molar-refractivity contribution is 6.30. The molecule has 0 atom stereocenters. The topological polar surface area (TPSA) is 25.2 Å². The fraction of sp³-hybridized carbons (Fsp3) is 0.125. The number of fused-ring (bicyclic) bond motifs is 1. The minimum atomic E-state index is 0.0715. The molecule has 0 aliphatic heterocycles. The first-order valence-electron chi connectivity index (χ1n) is 6.19. The summed E-state index contributed by atoms with van der Waals surface area (Å²) in [5, 5.41) is 11.2. The summed E-state index contributed by atoms with van der Waals surface area (Å²) in [6, 6.07) is 16.0. The third kappa shape index (κ3) is 2.50. The molecule has 0 radical (unpaired) electrons. The van der Waals surface area contributed by atoms with Gasteiger partial charge in [0.25, 0.3) is 0 Å². The van der Waals surface area contributed by atoms with Gasteiger partial charge in [-0.05, 0) is 40.8 Å².